The number of rotatable bonds is 6. The first-order valence-corrected chi connectivity index (χ1v) is 6.60. The maximum Gasteiger partial charge on any atom is 0.145 e. The molecule has 19 heavy (non-hydrogen) atoms. The van der Waals surface area contributed by atoms with E-state index in [4.69, 9.17) is 4.74 Å². The van der Waals surface area contributed by atoms with Crippen LogP contribution in [0, 0.1) is 0 Å². The van der Waals surface area contributed by atoms with E-state index in [2.05, 4.69) is 29.1 Å². The minimum Gasteiger partial charge on any atom is -0.454 e. The number of hydrogen-bond acceptors (Lipinski definition) is 4. The Kier molecular flexibility index (Phi) is 4.86. The van der Waals surface area contributed by atoms with Crippen LogP contribution in [-0.4, -0.2) is 16.5 Å². The Morgan fingerprint density at radius 3 is 2.58 bits per heavy atom. The zero-order valence-electron chi connectivity index (χ0n) is 11.3. The van der Waals surface area contributed by atoms with Crippen molar-refractivity contribution in [1.82, 2.24) is 15.3 Å². The van der Waals surface area contributed by atoms with E-state index in [0.29, 0.717) is 6.04 Å². The van der Waals surface area contributed by atoms with Gasteiger partial charge in [-0.3, -0.25) is 9.97 Å². The molecule has 0 aliphatic rings. The summed E-state index contributed by atoms with van der Waals surface area (Å²) in [4.78, 5) is 8.47. The molecule has 0 saturated carbocycles. The Morgan fingerprint density at radius 1 is 1.16 bits per heavy atom. The minimum atomic E-state index is 0.303. The lowest BCUT2D eigenvalue weighted by Crippen LogP contribution is -2.20. The molecule has 2 aromatic heterocycles. The Labute approximate surface area is 113 Å². The van der Waals surface area contributed by atoms with Crippen LogP contribution < -0.4 is 10.1 Å². The van der Waals surface area contributed by atoms with E-state index in [1.807, 2.05) is 24.3 Å². The van der Waals surface area contributed by atoms with Crippen molar-refractivity contribution < 1.29 is 4.74 Å². The van der Waals surface area contributed by atoms with Crippen molar-refractivity contribution in [3.63, 3.8) is 0 Å². The zero-order valence-corrected chi connectivity index (χ0v) is 11.3. The van der Waals surface area contributed by atoms with Gasteiger partial charge in [0.15, 0.2) is 0 Å². The van der Waals surface area contributed by atoms with Crippen LogP contribution >= 0.6 is 0 Å². The predicted octanol–water partition coefficient (Wildman–Crippen LogP) is 3.33. The molecule has 100 valence electrons. The van der Waals surface area contributed by atoms with Gasteiger partial charge in [-0.2, -0.15) is 0 Å². The normalized spacial score (nSPS) is 12.1. The molecule has 0 bridgehead atoms. The summed E-state index contributed by atoms with van der Waals surface area (Å²) < 4.78 is 5.66. The second kappa shape index (κ2) is 6.85. The fourth-order valence-electron chi connectivity index (χ4n) is 1.91. The van der Waals surface area contributed by atoms with Crippen molar-refractivity contribution in [2.45, 2.75) is 26.3 Å². The van der Waals surface area contributed by atoms with E-state index in [1.165, 1.54) is 0 Å². The fourth-order valence-corrected chi connectivity index (χ4v) is 1.91. The van der Waals surface area contributed by atoms with Gasteiger partial charge >= 0.3 is 0 Å². The average molecular weight is 257 g/mol. The molecule has 2 aromatic rings. The van der Waals surface area contributed by atoms with E-state index in [-0.39, 0.29) is 0 Å². The van der Waals surface area contributed by atoms with Gasteiger partial charge in [-0.25, -0.2) is 0 Å². The first-order chi connectivity index (χ1) is 9.33. The molecule has 0 fully saturated rings. The molecule has 0 amide bonds. The molecule has 0 radical (unpaired) electrons. The summed E-state index contributed by atoms with van der Waals surface area (Å²) >= 11 is 0. The molecule has 4 nitrogen and oxygen atoms in total. The standard InChI is InChI=1S/C15H19N3O/c1-3-14(17-4-2)15-8-7-13(11-18-15)19-12-6-5-9-16-10-12/h5-11,14,17H,3-4H2,1-2H3. The van der Waals surface area contributed by atoms with Crippen LogP contribution in [0.25, 0.3) is 0 Å². The number of aromatic nitrogens is 2. The van der Waals surface area contributed by atoms with Crippen molar-refractivity contribution in [1.29, 1.82) is 0 Å². The largest absolute Gasteiger partial charge is 0.454 e. The monoisotopic (exact) mass is 257 g/mol. The number of nitrogens with one attached hydrogen (secondary N) is 1. The average Bonchev–Trinajstić information content (AvgIpc) is 2.47. The third-order valence-corrected chi connectivity index (χ3v) is 2.85. The summed E-state index contributed by atoms with van der Waals surface area (Å²) in [6.45, 7) is 5.19. The van der Waals surface area contributed by atoms with Gasteiger partial charge in [0.05, 0.1) is 18.1 Å². The van der Waals surface area contributed by atoms with Crippen LogP contribution in [0.5, 0.6) is 11.5 Å². The van der Waals surface area contributed by atoms with Gasteiger partial charge in [0.25, 0.3) is 0 Å². The highest BCUT2D eigenvalue weighted by molar-refractivity contribution is 5.28. The van der Waals surface area contributed by atoms with Gasteiger partial charge < -0.3 is 10.1 Å². The quantitative estimate of drug-likeness (QED) is 0.862. The Balaban J connectivity index is 2.06. The molecule has 0 spiro atoms. The second-order valence-corrected chi connectivity index (χ2v) is 4.23. The lowest BCUT2D eigenvalue weighted by Gasteiger charge is -2.15. The van der Waals surface area contributed by atoms with Crippen LogP contribution in [0.1, 0.15) is 32.0 Å². The number of nitrogens with zero attached hydrogens (tertiary/aromatic N) is 2. The summed E-state index contributed by atoms with van der Waals surface area (Å²) in [6.07, 6.45) is 6.17. The van der Waals surface area contributed by atoms with E-state index in [0.717, 1.165) is 30.2 Å². The molecule has 1 N–H and O–H groups in total. The summed E-state index contributed by atoms with van der Waals surface area (Å²) in [6, 6.07) is 7.96. The third-order valence-electron chi connectivity index (χ3n) is 2.85. The first kappa shape index (κ1) is 13.5. The van der Waals surface area contributed by atoms with Crippen molar-refractivity contribution in [2.24, 2.45) is 0 Å². The van der Waals surface area contributed by atoms with Gasteiger partial charge in [0, 0.05) is 12.2 Å². The van der Waals surface area contributed by atoms with E-state index >= 15 is 0 Å². The van der Waals surface area contributed by atoms with E-state index in [1.54, 1.807) is 18.6 Å². The van der Waals surface area contributed by atoms with E-state index in [9.17, 15) is 0 Å². The Morgan fingerprint density at radius 2 is 2.00 bits per heavy atom. The summed E-state index contributed by atoms with van der Waals surface area (Å²) in [5.41, 5.74) is 1.04. The molecule has 0 saturated heterocycles. The lowest BCUT2D eigenvalue weighted by molar-refractivity contribution is 0.474. The summed E-state index contributed by atoms with van der Waals surface area (Å²) in [5, 5.41) is 3.40. The molecule has 1 unspecified atom stereocenters. The smallest absolute Gasteiger partial charge is 0.145 e. The highest BCUT2D eigenvalue weighted by atomic mass is 16.5. The maximum absolute atomic E-state index is 5.66. The SMILES string of the molecule is CCNC(CC)c1ccc(Oc2cccnc2)cn1. The van der Waals surface area contributed by atoms with Crippen molar-refractivity contribution in [3.05, 3.63) is 48.5 Å². The topological polar surface area (TPSA) is 47.0 Å². The van der Waals surface area contributed by atoms with Gasteiger partial charge in [-0.05, 0) is 37.2 Å². The highest BCUT2D eigenvalue weighted by Gasteiger charge is 2.09. The van der Waals surface area contributed by atoms with Crippen LogP contribution in [0.3, 0.4) is 0 Å². The van der Waals surface area contributed by atoms with Gasteiger partial charge in [0.1, 0.15) is 11.5 Å². The molecule has 4 heteroatoms. The van der Waals surface area contributed by atoms with Gasteiger partial charge in [-0.15, -0.1) is 0 Å². The van der Waals surface area contributed by atoms with Gasteiger partial charge in [0.2, 0.25) is 0 Å². The lowest BCUT2D eigenvalue weighted by atomic mass is 10.1. The summed E-state index contributed by atoms with van der Waals surface area (Å²) in [7, 11) is 0. The van der Waals surface area contributed by atoms with Crippen molar-refractivity contribution in [2.75, 3.05) is 6.54 Å². The van der Waals surface area contributed by atoms with Crippen molar-refractivity contribution in [3.8, 4) is 11.5 Å². The summed E-state index contributed by atoms with van der Waals surface area (Å²) in [5.74, 6) is 1.44. The molecular weight excluding hydrogens is 238 g/mol. The molecule has 2 heterocycles. The number of ether oxygens (including phenoxy) is 1. The predicted molar refractivity (Wildman–Crippen MR) is 75.3 cm³/mol. The second-order valence-electron chi connectivity index (χ2n) is 4.23. The first-order valence-electron chi connectivity index (χ1n) is 6.60. The molecule has 0 aliphatic heterocycles. The zero-order chi connectivity index (χ0) is 13.5. The molecule has 1 atom stereocenters. The van der Waals surface area contributed by atoms with Crippen LogP contribution in [0.15, 0.2) is 42.9 Å². The molecular formula is C15H19N3O. The number of hydrogen-bond donors (Lipinski definition) is 1. The fraction of sp³-hybridized carbons (Fsp3) is 0.333. The van der Waals surface area contributed by atoms with Crippen LogP contribution in [-0.2, 0) is 0 Å². The Hall–Kier alpha value is -1.94. The molecule has 0 aliphatic carbocycles. The van der Waals surface area contributed by atoms with Crippen LogP contribution in [0.2, 0.25) is 0 Å². The van der Waals surface area contributed by atoms with Crippen LogP contribution in [0.4, 0.5) is 0 Å². The molecule has 2 rings (SSSR count). The Bertz CT molecular complexity index is 485. The van der Waals surface area contributed by atoms with E-state index < -0.39 is 0 Å². The highest BCUT2D eigenvalue weighted by Crippen LogP contribution is 2.21. The number of pyridine rings is 2. The molecule has 0 aromatic carbocycles. The maximum atomic E-state index is 5.66. The van der Waals surface area contributed by atoms with Crippen molar-refractivity contribution >= 4 is 0 Å². The third kappa shape index (κ3) is 3.76. The minimum absolute atomic E-state index is 0.303. The van der Waals surface area contributed by atoms with Gasteiger partial charge in [-0.1, -0.05) is 13.8 Å².